The van der Waals surface area contributed by atoms with Gasteiger partial charge in [0.1, 0.15) is 17.0 Å². The van der Waals surface area contributed by atoms with E-state index in [1.165, 1.54) is 12.1 Å². The number of aromatic hydroxyl groups is 1. The average molecular weight is 696 g/mol. The van der Waals surface area contributed by atoms with Crippen molar-refractivity contribution in [2.24, 2.45) is 5.92 Å². The molecule has 0 saturated carbocycles. The average Bonchev–Trinajstić information content (AvgIpc) is 2.99. The van der Waals surface area contributed by atoms with Crippen LogP contribution in [-0.4, -0.2) is 75.0 Å². The van der Waals surface area contributed by atoms with Gasteiger partial charge in [-0.1, -0.05) is 70.0 Å². The van der Waals surface area contributed by atoms with Crippen LogP contribution in [0.5, 0.6) is 5.75 Å². The summed E-state index contributed by atoms with van der Waals surface area (Å²) in [5.74, 6) is -1.23. The van der Waals surface area contributed by atoms with Crippen molar-refractivity contribution in [2.75, 3.05) is 6.54 Å². The lowest BCUT2D eigenvalue weighted by molar-refractivity contribution is -0.133. The number of carboxylic acid groups (broad SMARTS) is 1. The third kappa shape index (κ3) is 15.9. The number of nitrogens with one attached hydrogen (secondary N) is 2. The molecule has 2 aromatic rings. The number of aromatic carboxylic acids is 1. The standard InChI is InChI=1S/C39H57N3O8/c1-10-11-12-31(41-36(47)49-38(4,5)6)25-42(37(48)50-39(7,8)9)34(44)33(24-28-16-21-32(43)22-17-28)40-30(23-26(2)3)20-15-27-13-18-29(19-14-27)35(45)46/h13-22,26,30-31,33,40,43H,10-12,23-25H2,1-9H3,(H,41,47)(H,45,46)/b20-15+/t30-,31+,33+/m1/s1. The molecule has 0 aromatic heterocycles. The van der Waals surface area contributed by atoms with Crippen molar-refractivity contribution in [2.45, 2.75) is 124 Å². The predicted octanol–water partition coefficient (Wildman–Crippen LogP) is 7.57. The highest BCUT2D eigenvalue weighted by molar-refractivity contribution is 5.95. The lowest BCUT2D eigenvalue weighted by Gasteiger charge is -2.33. The van der Waals surface area contributed by atoms with Gasteiger partial charge in [0.15, 0.2) is 0 Å². The minimum atomic E-state index is -1.01. The zero-order chi connectivity index (χ0) is 37.6. The van der Waals surface area contributed by atoms with Gasteiger partial charge < -0.3 is 25.0 Å². The fraction of sp³-hybridized carbons (Fsp3) is 0.538. The zero-order valence-corrected chi connectivity index (χ0v) is 31.1. The van der Waals surface area contributed by atoms with E-state index < -0.39 is 47.3 Å². The third-order valence-electron chi connectivity index (χ3n) is 7.40. The molecular weight excluding hydrogens is 638 g/mol. The highest BCUT2D eigenvalue weighted by Crippen LogP contribution is 2.19. The minimum absolute atomic E-state index is 0.0847. The maximum atomic E-state index is 14.7. The molecule has 0 spiro atoms. The summed E-state index contributed by atoms with van der Waals surface area (Å²) in [6.45, 7) is 16.5. The monoisotopic (exact) mass is 695 g/mol. The number of phenols is 1. The van der Waals surface area contributed by atoms with E-state index in [4.69, 9.17) is 9.47 Å². The van der Waals surface area contributed by atoms with Crippen LogP contribution in [0.3, 0.4) is 0 Å². The third-order valence-corrected chi connectivity index (χ3v) is 7.40. The molecule has 0 saturated heterocycles. The molecule has 0 unspecified atom stereocenters. The fourth-order valence-electron chi connectivity index (χ4n) is 5.13. The van der Waals surface area contributed by atoms with Gasteiger partial charge in [0.25, 0.3) is 0 Å². The summed E-state index contributed by atoms with van der Waals surface area (Å²) >= 11 is 0. The van der Waals surface area contributed by atoms with Crippen molar-refractivity contribution in [1.82, 2.24) is 15.5 Å². The van der Waals surface area contributed by atoms with Gasteiger partial charge in [-0.25, -0.2) is 19.3 Å². The van der Waals surface area contributed by atoms with Gasteiger partial charge in [-0.15, -0.1) is 0 Å². The molecule has 11 nitrogen and oxygen atoms in total. The molecule has 3 atom stereocenters. The van der Waals surface area contributed by atoms with E-state index >= 15 is 0 Å². The molecule has 0 bridgehead atoms. The number of phenolic OH excluding ortho intramolecular Hbond substituents is 1. The Morgan fingerprint density at radius 1 is 0.900 bits per heavy atom. The normalized spacial score (nSPS) is 13.8. The van der Waals surface area contributed by atoms with Crippen molar-refractivity contribution < 1.29 is 38.9 Å². The molecule has 2 rings (SSSR count). The largest absolute Gasteiger partial charge is 0.508 e. The number of hydrogen-bond donors (Lipinski definition) is 4. The Kier molecular flexibility index (Phi) is 16.0. The lowest BCUT2D eigenvalue weighted by Crippen LogP contribution is -2.56. The van der Waals surface area contributed by atoms with E-state index in [-0.39, 0.29) is 36.2 Å². The molecule has 4 N–H and O–H groups in total. The zero-order valence-electron chi connectivity index (χ0n) is 31.1. The van der Waals surface area contributed by atoms with Crippen LogP contribution in [-0.2, 0) is 20.7 Å². The summed E-state index contributed by atoms with van der Waals surface area (Å²) in [6.07, 6.45) is 5.22. The van der Waals surface area contributed by atoms with Gasteiger partial charge in [-0.2, -0.15) is 0 Å². The van der Waals surface area contributed by atoms with E-state index in [2.05, 4.69) is 24.5 Å². The maximum absolute atomic E-state index is 14.7. The van der Waals surface area contributed by atoms with E-state index in [9.17, 15) is 29.4 Å². The van der Waals surface area contributed by atoms with Gasteiger partial charge in [0.2, 0.25) is 5.91 Å². The first-order valence-corrected chi connectivity index (χ1v) is 17.4. The summed E-state index contributed by atoms with van der Waals surface area (Å²) in [6, 6.07) is 11.2. The first-order valence-electron chi connectivity index (χ1n) is 17.4. The number of imide groups is 1. The summed E-state index contributed by atoms with van der Waals surface area (Å²) in [5.41, 5.74) is 0.0833. The quantitative estimate of drug-likeness (QED) is 0.139. The molecule has 11 heteroatoms. The Morgan fingerprint density at radius 3 is 2.02 bits per heavy atom. The molecular formula is C39H57N3O8. The van der Waals surface area contributed by atoms with Crippen LogP contribution in [0.2, 0.25) is 0 Å². The van der Waals surface area contributed by atoms with Crippen molar-refractivity contribution in [3.63, 3.8) is 0 Å². The van der Waals surface area contributed by atoms with E-state index in [0.717, 1.165) is 28.9 Å². The van der Waals surface area contributed by atoms with Crippen LogP contribution in [0.4, 0.5) is 9.59 Å². The van der Waals surface area contributed by atoms with Crippen LogP contribution in [0, 0.1) is 5.92 Å². The molecule has 0 fully saturated rings. The number of rotatable bonds is 16. The molecule has 0 aliphatic carbocycles. The highest BCUT2D eigenvalue weighted by atomic mass is 16.6. The number of carbonyl (C=O) groups excluding carboxylic acids is 3. The van der Waals surface area contributed by atoms with E-state index in [0.29, 0.717) is 12.8 Å². The number of amides is 3. The first kappa shape index (κ1) is 41.8. The van der Waals surface area contributed by atoms with Gasteiger partial charge in [0, 0.05) is 6.04 Å². The molecule has 2 aromatic carbocycles. The number of hydrogen-bond acceptors (Lipinski definition) is 8. The minimum Gasteiger partial charge on any atom is -0.508 e. The van der Waals surface area contributed by atoms with E-state index in [1.807, 2.05) is 19.1 Å². The lowest BCUT2D eigenvalue weighted by atomic mass is 9.98. The van der Waals surface area contributed by atoms with Crippen LogP contribution >= 0.6 is 0 Å². The summed E-state index contributed by atoms with van der Waals surface area (Å²) in [5, 5.41) is 25.5. The molecule has 0 heterocycles. The van der Waals surface area contributed by atoms with Gasteiger partial charge in [0.05, 0.1) is 24.2 Å². The number of carbonyl (C=O) groups is 4. The maximum Gasteiger partial charge on any atom is 0.417 e. The molecule has 3 amide bonds. The van der Waals surface area contributed by atoms with Gasteiger partial charge in [-0.05, 0) is 102 Å². The van der Waals surface area contributed by atoms with E-state index in [1.54, 1.807) is 77.9 Å². The Labute approximate surface area is 297 Å². The number of nitrogens with zero attached hydrogens (tertiary/aromatic N) is 1. The molecule has 0 aliphatic heterocycles. The van der Waals surface area contributed by atoms with Crippen LogP contribution in [0.25, 0.3) is 6.08 Å². The number of ether oxygens (including phenoxy) is 2. The topological polar surface area (TPSA) is 154 Å². The molecule has 0 radical (unpaired) electrons. The summed E-state index contributed by atoms with van der Waals surface area (Å²) in [7, 11) is 0. The fourth-order valence-corrected chi connectivity index (χ4v) is 5.13. The number of unbranched alkanes of at least 4 members (excludes halogenated alkanes) is 1. The number of carboxylic acids is 1. The Balaban J connectivity index is 2.55. The molecule has 276 valence electrons. The smallest absolute Gasteiger partial charge is 0.417 e. The van der Waals surface area contributed by atoms with Crippen molar-refractivity contribution in [3.05, 3.63) is 71.3 Å². The molecule has 50 heavy (non-hydrogen) atoms. The Hall–Kier alpha value is -4.38. The summed E-state index contributed by atoms with van der Waals surface area (Å²) < 4.78 is 11.2. The van der Waals surface area contributed by atoms with Crippen molar-refractivity contribution in [1.29, 1.82) is 0 Å². The second-order valence-electron chi connectivity index (χ2n) is 15.0. The number of alkyl carbamates (subject to hydrolysis) is 1. The van der Waals surface area contributed by atoms with Crippen molar-refractivity contribution >= 4 is 30.1 Å². The first-order chi connectivity index (χ1) is 23.3. The van der Waals surface area contributed by atoms with Crippen LogP contribution in [0.1, 0.15) is 109 Å². The van der Waals surface area contributed by atoms with Crippen LogP contribution in [0.15, 0.2) is 54.6 Å². The Bertz CT molecular complexity index is 1420. The second-order valence-corrected chi connectivity index (χ2v) is 15.0. The SMILES string of the molecule is CCCC[C@@H](CN(C(=O)OC(C)(C)C)C(=O)[C@H](Cc1ccc(O)cc1)N[C@H](/C=C/c1ccc(C(=O)O)cc1)CC(C)C)NC(=O)OC(C)(C)C. The van der Waals surface area contributed by atoms with Gasteiger partial charge >= 0.3 is 18.2 Å². The van der Waals surface area contributed by atoms with Crippen LogP contribution < -0.4 is 10.6 Å². The predicted molar refractivity (Wildman–Crippen MR) is 195 cm³/mol. The molecule has 0 aliphatic rings. The second kappa shape index (κ2) is 19.1. The van der Waals surface area contributed by atoms with Crippen molar-refractivity contribution in [3.8, 4) is 5.75 Å². The highest BCUT2D eigenvalue weighted by Gasteiger charge is 2.35. The summed E-state index contributed by atoms with van der Waals surface area (Å²) in [4.78, 5) is 53.7. The Morgan fingerprint density at radius 2 is 1.50 bits per heavy atom. The van der Waals surface area contributed by atoms with Gasteiger partial charge in [-0.3, -0.25) is 10.1 Å². The number of benzene rings is 2.